The smallest absolute Gasteiger partial charge is 0.149 e. The highest BCUT2D eigenvalue weighted by atomic mass is 16.1. The van der Waals surface area contributed by atoms with Gasteiger partial charge in [0, 0.05) is 12.0 Å². The fraction of sp³-hybridized carbons (Fsp3) is 0.929. The van der Waals surface area contributed by atoms with Crippen molar-refractivity contribution in [2.24, 2.45) is 11.8 Å². The third-order valence-corrected chi connectivity index (χ3v) is 4.05. The Labute approximate surface area is 100 Å². The summed E-state index contributed by atoms with van der Waals surface area (Å²) in [5.74, 6) is 1.58. The molecule has 2 nitrogen and oxygen atoms in total. The SMILES string of the molecule is CCC1CCCC(C(=O)CNC(C)CC)C1. The maximum absolute atomic E-state index is 12.0. The van der Waals surface area contributed by atoms with E-state index in [1.54, 1.807) is 0 Å². The molecule has 0 heterocycles. The van der Waals surface area contributed by atoms with E-state index in [1.807, 2.05) is 0 Å². The Bertz CT molecular complexity index is 215. The molecule has 94 valence electrons. The van der Waals surface area contributed by atoms with Gasteiger partial charge in [0.1, 0.15) is 5.78 Å². The van der Waals surface area contributed by atoms with Crippen molar-refractivity contribution in [2.45, 2.75) is 65.3 Å². The van der Waals surface area contributed by atoms with Gasteiger partial charge in [-0.1, -0.05) is 33.1 Å². The summed E-state index contributed by atoms with van der Waals surface area (Å²) in [6, 6.07) is 0.467. The predicted octanol–water partition coefficient (Wildman–Crippen LogP) is 3.16. The number of nitrogens with one attached hydrogen (secondary N) is 1. The maximum Gasteiger partial charge on any atom is 0.149 e. The highest BCUT2D eigenvalue weighted by Crippen LogP contribution is 2.31. The maximum atomic E-state index is 12.0. The van der Waals surface area contributed by atoms with Crippen LogP contribution in [0.2, 0.25) is 0 Å². The van der Waals surface area contributed by atoms with Gasteiger partial charge in [-0.2, -0.15) is 0 Å². The van der Waals surface area contributed by atoms with Crippen LogP contribution in [0, 0.1) is 11.8 Å². The van der Waals surface area contributed by atoms with Crippen molar-refractivity contribution in [2.75, 3.05) is 6.54 Å². The van der Waals surface area contributed by atoms with Crippen molar-refractivity contribution in [3.8, 4) is 0 Å². The number of Topliss-reactive ketones (excluding diaryl/α,β-unsaturated/α-hetero) is 1. The van der Waals surface area contributed by atoms with E-state index in [-0.39, 0.29) is 0 Å². The summed E-state index contributed by atoms with van der Waals surface area (Å²) in [7, 11) is 0. The first-order valence-corrected chi connectivity index (χ1v) is 6.93. The van der Waals surface area contributed by atoms with Crippen LogP contribution in [0.4, 0.5) is 0 Å². The van der Waals surface area contributed by atoms with Gasteiger partial charge in [0.2, 0.25) is 0 Å². The van der Waals surface area contributed by atoms with Gasteiger partial charge in [-0.15, -0.1) is 0 Å². The molecule has 3 atom stereocenters. The zero-order chi connectivity index (χ0) is 12.0. The van der Waals surface area contributed by atoms with Crippen molar-refractivity contribution in [3.05, 3.63) is 0 Å². The van der Waals surface area contributed by atoms with Crippen molar-refractivity contribution < 1.29 is 4.79 Å². The summed E-state index contributed by atoms with van der Waals surface area (Å²) < 4.78 is 0. The lowest BCUT2D eigenvalue weighted by molar-refractivity contribution is -0.123. The van der Waals surface area contributed by atoms with E-state index in [2.05, 4.69) is 26.1 Å². The van der Waals surface area contributed by atoms with Crippen LogP contribution < -0.4 is 5.32 Å². The largest absolute Gasteiger partial charge is 0.308 e. The average molecular weight is 225 g/mol. The molecule has 16 heavy (non-hydrogen) atoms. The summed E-state index contributed by atoms with van der Waals surface area (Å²) >= 11 is 0. The molecular weight excluding hydrogens is 198 g/mol. The molecule has 0 aromatic rings. The molecular formula is C14H27NO. The monoisotopic (exact) mass is 225 g/mol. The van der Waals surface area contributed by atoms with Gasteiger partial charge in [0.25, 0.3) is 0 Å². The van der Waals surface area contributed by atoms with Crippen LogP contribution in [0.5, 0.6) is 0 Å². The van der Waals surface area contributed by atoms with Crippen molar-refractivity contribution in [1.82, 2.24) is 5.32 Å². The summed E-state index contributed by atoms with van der Waals surface area (Å²) in [4.78, 5) is 12.0. The lowest BCUT2D eigenvalue weighted by atomic mass is 9.78. The number of ketones is 1. The third kappa shape index (κ3) is 4.25. The fourth-order valence-corrected chi connectivity index (χ4v) is 2.52. The van der Waals surface area contributed by atoms with E-state index >= 15 is 0 Å². The van der Waals surface area contributed by atoms with Crippen molar-refractivity contribution in [3.63, 3.8) is 0 Å². The molecule has 0 spiro atoms. The molecule has 3 unspecified atom stereocenters. The highest BCUT2D eigenvalue weighted by molar-refractivity contribution is 5.83. The predicted molar refractivity (Wildman–Crippen MR) is 68.5 cm³/mol. The third-order valence-electron chi connectivity index (χ3n) is 4.05. The molecule has 0 amide bonds. The van der Waals surface area contributed by atoms with E-state index in [1.165, 1.54) is 19.3 Å². The molecule has 0 aromatic carbocycles. The van der Waals surface area contributed by atoms with Gasteiger partial charge in [-0.25, -0.2) is 0 Å². The molecule has 1 saturated carbocycles. The normalized spacial score (nSPS) is 27.7. The Balaban J connectivity index is 2.30. The summed E-state index contributed by atoms with van der Waals surface area (Å²) in [6.45, 7) is 7.11. The van der Waals surface area contributed by atoms with Crippen LogP contribution in [-0.4, -0.2) is 18.4 Å². The van der Waals surface area contributed by atoms with Crippen LogP contribution in [0.15, 0.2) is 0 Å². The molecule has 0 aliphatic heterocycles. The summed E-state index contributed by atoms with van der Waals surface area (Å²) in [6.07, 6.45) is 7.17. The number of carbonyl (C=O) groups excluding carboxylic acids is 1. The minimum atomic E-state index is 0.343. The van der Waals surface area contributed by atoms with Crippen LogP contribution in [0.25, 0.3) is 0 Å². The lowest BCUT2D eigenvalue weighted by Crippen LogP contribution is -2.35. The average Bonchev–Trinajstić information content (AvgIpc) is 2.35. The number of hydrogen-bond acceptors (Lipinski definition) is 2. The van der Waals surface area contributed by atoms with Crippen LogP contribution in [0.1, 0.15) is 59.3 Å². The Morgan fingerprint density at radius 2 is 2.12 bits per heavy atom. The van der Waals surface area contributed by atoms with Gasteiger partial charge in [0.05, 0.1) is 6.54 Å². The Kier molecular flexibility index (Phi) is 6.04. The van der Waals surface area contributed by atoms with E-state index in [9.17, 15) is 4.79 Å². The number of hydrogen-bond donors (Lipinski definition) is 1. The van der Waals surface area contributed by atoms with E-state index in [4.69, 9.17) is 0 Å². The van der Waals surface area contributed by atoms with Crippen molar-refractivity contribution >= 4 is 5.78 Å². The molecule has 1 aliphatic rings. The molecule has 0 bridgehead atoms. The summed E-state index contributed by atoms with van der Waals surface area (Å²) in [5, 5.41) is 3.31. The standard InChI is InChI=1S/C14H27NO/c1-4-11(3)15-10-14(16)13-8-6-7-12(5-2)9-13/h11-13,15H,4-10H2,1-3H3. The zero-order valence-corrected chi connectivity index (χ0v) is 11.1. The minimum absolute atomic E-state index is 0.343. The molecule has 0 aromatic heterocycles. The first-order chi connectivity index (χ1) is 7.67. The minimum Gasteiger partial charge on any atom is -0.308 e. The highest BCUT2D eigenvalue weighted by Gasteiger charge is 2.25. The molecule has 0 saturated heterocycles. The van der Waals surface area contributed by atoms with E-state index in [0.717, 1.165) is 25.2 Å². The zero-order valence-electron chi connectivity index (χ0n) is 11.1. The van der Waals surface area contributed by atoms with Gasteiger partial charge >= 0.3 is 0 Å². The lowest BCUT2D eigenvalue weighted by Gasteiger charge is -2.27. The van der Waals surface area contributed by atoms with Crippen LogP contribution in [0.3, 0.4) is 0 Å². The van der Waals surface area contributed by atoms with E-state index in [0.29, 0.717) is 24.3 Å². The van der Waals surface area contributed by atoms with E-state index < -0.39 is 0 Å². The number of carbonyl (C=O) groups is 1. The topological polar surface area (TPSA) is 29.1 Å². The number of rotatable bonds is 6. The molecule has 1 fully saturated rings. The molecule has 0 radical (unpaired) electrons. The quantitative estimate of drug-likeness (QED) is 0.752. The van der Waals surface area contributed by atoms with Gasteiger partial charge in [0.15, 0.2) is 0 Å². The Hall–Kier alpha value is -0.370. The summed E-state index contributed by atoms with van der Waals surface area (Å²) in [5.41, 5.74) is 0. The fourth-order valence-electron chi connectivity index (χ4n) is 2.52. The second-order valence-corrected chi connectivity index (χ2v) is 5.29. The molecule has 1 N–H and O–H groups in total. The molecule has 1 aliphatic carbocycles. The first-order valence-electron chi connectivity index (χ1n) is 6.93. The van der Waals surface area contributed by atoms with Crippen LogP contribution in [-0.2, 0) is 4.79 Å². The van der Waals surface area contributed by atoms with Crippen molar-refractivity contribution in [1.29, 1.82) is 0 Å². The molecule has 1 rings (SSSR count). The van der Waals surface area contributed by atoms with Gasteiger partial charge in [-0.05, 0) is 32.1 Å². The second kappa shape index (κ2) is 7.05. The van der Waals surface area contributed by atoms with Gasteiger partial charge < -0.3 is 5.32 Å². The molecule has 2 heteroatoms. The van der Waals surface area contributed by atoms with Gasteiger partial charge in [-0.3, -0.25) is 4.79 Å². The Morgan fingerprint density at radius 3 is 2.75 bits per heavy atom. The first kappa shape index (κ1) is 13.7. The Morgan fingerprint density at radius 1 is 1.38 bits per heavy atom. The second-order valence-electron chi connectivity index (χ2n) is 5.29. The van der Waals surface area contributed by atoms with Crippen LogP contribution >= 0.6 is 0 Å².